The van der Waals surface area contributed by atoms with Gasteiger partial charge in [-0.3, -0.25) is 14.5 Å². The molecule has 2 unspecified atom stereocenters. The van der Waals surface area contributed by atoms with Gasteiger partial charge in [0.15, 0.2) is 0 Å². The SMILES string of the molecule is CCN(CC)C(=O)CN1CC2CCC(C1)N(Cc1c(C)noc1C)C2=O. The summed E-state index contributed by atoms with van der Waals surface area (Å²) in [6, 6.07) is 0.152. The smallest absolute Gasteiger partial charge is 0.236 e. The maximum absolute atomic E-state index is 13.0. The van der Waals surface area contributed by atoms with Crippen LogP contribution < -0.4 is 0 Å². The number of aryl methyl sites for hydroxylation is 2. The molecule has 0 aromatic carbocycles. The number of amides is 2. The van der Waals surface area contributed by atoms with Crippen molar-refractivity contribution in [1.82, 2.24) is 19.9 Å². The first-order valence-corrected chi connectivity index (χ1v) is 9.66. The summed E-state index contributed by atoms with van der Waals surface area (Å²) in [7, 11) is 0. The number of fused-ring (bicyclic) bond motifs is 4. The minimum absolute atomic E-state index is 0.0151. The molecule has 26 heavy (non-hydrogen) atoms. The second kappa shape index (κ2) is 7.78. The van der Waals surface area contributed by atoms with Crippen LogP contribution in [0.3, 0.4) is 0 Å². The Morgan fingerprint density at radius 2 is 1.96 bits per heavy atom. The highest BCUT2D eigenvalue weighted by Gasteiger charge is 2.41. The van der Waals surface area contributed by atoms with Crippen molar-refractivity contribution in [3.63, 3.8) is 0 Å². The van der Waals surface area contributed by atoms with Gasteiger partial charge in [-0.15, -0.1) is 0 Å². The molecule has 0 aliphatic carbocycles. The Balaban J connectivity index is 1.72. The van der Waals surface area contributed by atoms with Gasteiger partial charge in [0.25, 0.3) is 0 Å². The Kier molecular flexibility index (Phi) is 5.65. The summed E-state index contributed by atoms with van der Waals surface area (Å²) in [6.07, 6.45) is 1.91. The first-order valence-electron chi connectivity index (χ1n) is 9.66. The van der Waals surface area contributed by atoms with E-state index >= 15 is 0 Å². The lowest BCUT2D eigenvalue weighted by Crippen LogP contribution is -2.47. The van der Waals surface area contributed by atoms with Crippen molar-refractivity contribution in [2.45, 2.75) is 53.1 Å². The monoisotopic (exact) mass is 362 g/mol. The van der Waals surface area contributed by atoms with Gasteiger partial charge in [-0.1, -0.05) is 5.16 Å². The summed E-state index contributed by atoms with van der Waals surface area (Å²) in [5, 5.41) is 4.01. The standard InChI is InChI=1S/C19H30N4O3/c1-5-22(6-2)18(24)12-21-9-15-7-8-16(10-21)23(19(15)25)11-17-13(3)20-26-14(17)4/h15-16H,5-12H2,1-4H3. The van der Waals surface area contributed by atoms with Gasteiger partial charge in [-0.2, -0.15) is 0 Å². The molecule has 4 heterocycles. The third-order valence-electron chi connectivity index (χ3n) is 5.85. The summed E-state index contributed by atoms with van der Waals surface area (Å²) < 4.78 is 5.26. The molecular formula is C19H30N4O3. The van der Waals surface area contributed by atoms with E-state index in [-0.39, 0.29) is 23.8 Å². The average Bonchev–Trinajstić information content (AvgIpc) is 2.77. The molecule has 0 spiro atoms. The number of hydrogen-bond donors (Lipinski definition) is 0. The van der Waals surface area contributed by atoms with Gasteiger partial charge in [0.2, 0.25) is 11.8 Å². The predicted octanol–water partition coefficient (Wildman–Crippen LogP) is 1.58. The fraction of sp³-hybridized carbons (Fsp3) is 0.737. The molecule has 0 saturated carbocycles. The van der Waals surface area contributed by atoms with Crippen molar-refractivity contribution in [3.8, 4) is 0 Å². The van der Waals surface area contributed by atoms with Crippen LogP contribution >= 0.6 is 0 Å². The van der Waals surface area contributed by atoms with E-state index in [1.807, 2.05) is 37.5 Å². The lowest BCUT2D eigenvalue weighted by atomic mass is 9.93. The highest BCUT2D eigenvalue weighted by Crippen LogP contribution is 2.31. The highest BCUT2D eigenvalue weighted by molar-refractivity contribution is 5.81. The van der Waals surface area contributed by atoms with Crippen LogP contribution in [0, 0.1) is 19.8 Å². The molecule has 3 saturated heterocycles. The largest absolute Gasteiger partial charge is 0.361 e. The second-order valence-electron chi connectivity index (χ2n) is 7.46. The van der Waals surface area contributed by atoms with Gasteiger partial charge in [0.05, 0.1) is 24.7 Å². The van der Waals surface area contributed by atoms with Gasteiger partial charge >= 0.3 is 0 Å². The molecule has 2 amide bonds. The maximum atomic E-state index is 13.0. The van der Waals surface area contributed by atoms with E-state index in [2.05, 4.69) is 10.1 Å². The van der Waals surface area contributed by atoms with Crippen molar-refractivity contribution >= 4 is 11.8 Å². The van der Waals surface area contributed by atoms with Crippen LogP contribution in [0.2, 0.25) is 0 Å². The number of hydrogen-bond acceptors (Lipinski definition) is 5. The molecule has 0 N–H and O–H groups in total. The number of nitrogens with zero attached hydrogens (tertiary/aromatic N) is 4. The maximum Gasteiger partial charge on any atom is 0.236 e. The molecule has 2 atom stereocenters. The number of likely N-dealkylation sites (N-methyl/N-ethyl adjacent to an activating group) is 1. The summed E-state index contributed by atoms with van der Waals surface area (Å²) in [6.45, 7) is 11.7. The molecule has 3 aliphatic rings. The molecule has 144 valence electrons. The third-order valence-corrected chi connectivity index (χ3v) is 5.85. The number of carbonyl (C=O) groups is 2. The molecule has 3 fully saturated rings. The summed E-state index contributed by atoms with van der Waals surface area (Å²) in [5.41, 5.74) is 1.86. The van der Waals surface area contributed by atoms with Gasteiger partial charge in [0.1, 0.15) is 5.76 Å². The normalized spacial score (nSPS) is 23.4. The zero-order chi connectivity index (χ0) is 18.8. The van der Waals surface area contributed by atoms with Crippen LogP contribution in [0.25, 0.3) is 0 Å². The van der Waals surface area contributed by atoms with Crippen LogP contribution in [0.1, 0.15) is 43.7 Å². The van der Waals surface area contributed by atoms with Crippen LogP contribution in [0.4, 0.5) is 0 Å². The molecule has 4 rings (SSSR count). The number of piperidine rings is 1. The Hall–Kier alpha value is -1.89. The first-order chi connectivity index (χ1) is 12.4. The van der Waals surface area contributed by atoms with Crippen molar-refractivity contribution in [2.24, 2.45) is 5.92 Å². The number of rotatable bonds is 6. The summed E-state index contributed by atoms with van der Waals surface area (Å²) in [5.74, 6) is 1.13. The van der Waals surface area contributed by atoms with Gasteiger partial charge in [-0.05, 0) is 40.5 Å². The molecular weight excluding hydrogens is 332 g/mol. The van der Waals surface area contributed by atoms with Crippen LogP contribution in [0.15, 0.2) is 4.52 Å². The Bertz CT molecular complexity index is 648. The van der Waals surface area contributed by atoms with E-state index in [9.17, 15) is 9.59 Å². The summed E-state index contributed by atoms with van der Waals surface area (Å²) >= 11 is 0. The minimum atomic E-state index is -0.0151. The van der Waals surface area contributed by atoms with Crippen molar-refractivity contribution in [2.75, 3.05) is 32.7 Å². The van der Waals surface area contributed by atoms with Crippen LogP contribution in [-0.2, 0) is 16.1 Å². The molecule has 2 bridgehead atoms. The molecule has 7 heteroatoms. The van der Waals surface area contributed by atoms with E-state index in [1.165, 1.54) is 0 Å². The van der Waals surface area contributed by atoms with E-state index in [0.717, 1.165) is 49.5 Å². The number of carbonyl (C=O) groups excluding carboxylic acids is 2. The zero-order valence-electron chi connectivity index (χ0n) is 16.3. The second-order valence-corrected chi connectivity index (χ2v) is 7.46. The quantitative estimate of drug-likeness (QED) is 0.768. The van der Waals surface area contributed by atoms with Crippen molar-refractivity contribution in [3.05, 3.63) is 17.0 Å². The van der Waals surface area contributed by atoms with Gasteiger partial charge in [-0.25, -0.2) is 0 Å². The molecule has 1 aromatic heterocycles. The van der Waals surface area contributed by atoms with E-state index in [1.54, 1.807) is 0 Å². The van der Waals surface area contributed by atoms with Crippen LogP contribution in [0.5, 0.6) is 0 Å². The molecule has 3 aliphatic heterocycles. The third kappa shape index (κ3) is 3.63. The number of aromatic nitrogens is 1. The predicted molar refractivity (Wildman–Crippen MR) is 97.4 cm³/mol. The fourth-order valence-electron chi connectivity index (χ4n) is 4.23. The molecule has 0 radical (unpaired) electrons. The topological polar surface area (TPSA) is 69.9 Å². The Labute approximate surface area is 155 Å². The lowest BCUT2D eigenvalue weighted by Gasteiger charge is -2.36. The van der Waals surface area contributed by atoms with Gasteiger partial charge in [0, 0.05) is 37.8 Å². The van der Waals surface area contributed by atoms with Crippen molar-refractivity contribution in [1.29, 1.82) is 0 Å². The Morgan fingerprint density at radius 1 is 1.23 bits per heavy atom. The molecule has 7 nitrogen and oxygen atoms in total. The van der Waals surface area contributed by atoms with Crippen molar-refractivity contribution < 1.29 is 14.1 Å². The van der Waals surface area contributed by atoms with E-state index in [4.69, 9.17) is 4.52 Å². The van der Waals surface area contributed by atoms with E-state index in [0.29, 0.717) is 19.6 Å². The first kappa shape index (κ1) is 18.9. The summed E-state index contributed by atoms with van der Waals surface area (Å²) in [4.78, 5) is 31.5. The van der Waals surface area contributed by atoms with Gasteiger partial charge < -0.3 is 14.3 Å². The lowest BCUT2D eigenvalue weighted by molar-refractivity contribution is -0.140. The van der Waals surface area contributed by atoms with Crippen LogP contribution in [-0.4, -0.2) is 70.4 Å². The highest BCUT2D eigenvalue weighted by atomic mass is 16.5. The Morgan fingerprint density at radius 3 is 2.58 bits per heavy atom. The fourth-order valence-corrected chi connectivity index (χ4v) is 4.23. The molecule has 1 aromatic rings. The van der Waals surface area contributed by atoms with E-state index < -0.39 is 0 Å². The zero-order valence-corrected chi connectivity index (χ0v) is 16.3. The average molecular weight is 362 g/mol. The minimum Gasteiger partial charge on any atom is -0.361 e.